The Morgan fingerprint density at radius 3 is 2.60 bits per heavy atom. The van der Waals surface area contributed by atoms with Gasteiger partial charge in [-0.1, -0.05) is 31.4 Å². The molecule has 3 fully saturated rings. The van der Waals surface area contributed by atoms with Gasteiger partial charge in [0.2, 0.25) is 10.0 Å². The van der Waals surface area contributed by atoms with Crippen LogP contribution in [0.3, 0.4) is 0 Å². The molecule has 1 aromatic rings. The third-order valence-corrected chi connectivity index (χ3v) is 7.35. The summed E-state index contributed by atoms with van der Waals surface area (Å²) >= 11 is 0. The standard InChI is InChI=1S/C20H25N3O6S/c21-10-13-6-4-5-9-17(13)30(25,26)23-15-11-27-19-16(12-28-18(15)19)29-20(24)22-14-7-2-1-3-8-14/h4-6,9,14-16,18-19,23H,1-3,7-8,11-12H2,(H,22,24)/t15-,16+,18+,19+/m0/s1. The molecule has 0 radical (unpaired) electrons. The Labute approximate surface area is 175 Å². The van der Waals surface area contributed by atoms with E-state index in [1.807, 2.05) is 6.07 Å². The van der Waals surface area contributed by atoms with Gasteiger partial charge < -0.3 is 19.5 Å². The summed E-state index contributed by atoms with van der Waals surface area (Å²) in [6.07, 6.45) is 3.09. The lowest BCUT2D eigenvalue weighted by Crippen LogP contribution is -2.45. The average Bonchev–Trinajstić information content (AvgIpc) is 3.32. The van der Waals surface area contributed by atoms with Crippen molar-refractivity contribution in [3.63, 3.8) is 0 Å². The van der Waals surface area contributed by atoms with Gasteiger partial charge in [0.1, 0.15) is 18.3 Å². The number of benzene rings is 1. The molecule has 1 aromatic carbocycles. The van der Waals surface area contributed by atoms with Gasteiger partial charge in [0.25, 0.3) is 0 Å². The maximum absolute atomic E-state index is 12.8. The van der Waals surface area contributed by atoms with Crippen LogP contribution in [0.25, 0.3) is 0 Å². The van der Waals surface area contributed by atoms with Gasteiger partial charge in [-0.05, 0) is 25.0 Å². The summed E-state index contributed by atoms with van der Waals surface area (Å²) in [6.45, 7) is 0.230. The van der Waals surface area contributed by atoms with Gasteiger partial charge >= 0.3 is 6.09 Å². The molecule has 2 saturated heterocycles. The summed E-state index contributed by atoms with van der Waals surface area (Å²) in [5.41, 5.74) is 0.0633. The summed E-state index contributed by atoms with van der Waals surface area (Å²) in [5.74, 6) is 0. The maximum atomic E-state index is 12.8. The highest BCUT2D eigenvalue weighted by Crippen LogP contribution is 2.30. The van der Waals surface area contributed by atoms with Gasteiger partial charge in [0.05, 0.1) is 29.7 Å². The number of ether oxygens (including phenoxy) is 3. The fourth-order valence-electron chi connectivity index (χ4n) is 4.31. The van der Waals surface area contributed by atoms with Gasteiger partial charge in [0.15, 0.2) is 6.10 Å². The smallest absolute Gasteiger partial charge is 0.407 e. The number of nitrogens with one attached hydrogen (secondary N) is 2. The number of carbonyl (C=O) groups excluding carboxylic acids is 1. The minimum absolute atomic E-state index is 0.0633. The number of amides is 1. The number of rotatable bonds is 5. The summed E-state index contributed by atoms with van der Waals surface area (Å²) in [5, 5.41) is 12.1. The molecular formula is C20H25N3O6S. The Bertz CT molecular complexity index is 925. The number of fused-ring (bicyclic) bond motifs is 1. The highest BCUT2D eigenvalue weighted by molar-refractivity contribution is 7.89. The van der Waals surface area contributed by atoms with Crippen molar-refractivity contribution in [2.45, 2.75) is 67.4 Å². The zero-order valence-corrected chi connectivity index (χ0v) is 17.3. The van der Waals surface area contributed by atoms with Crippen LogP contribution in [0.5, 0.6) is 0 Å². The molecule has 9 nitrogen and oxygen atoms in total. The first-order valence-electron chi connectivity index (χ1n) is 10.2. The van der Waals surface area contributed by atoms with Gasteiger partial charge in [-0.25, -0.2) is 17.9 Å². The van der Waals surface area contributed by atoms with E-state index in [4.69, 9.17) is 14.2 Å². The van der Waals surface area contributed by atoms with Gasteiger partial charge in [-0.15, -0.1) is 0 Å². The number of hydrogen-bond acceptors (Lipinski definition) is 7. The summed E-state index contributed by atoms with van der Waals surface area (Å²) < 4.78 is 45.0. The van der Waals surface area contributed by atoms with E-state index in [1.165, 1.54) is 18.6 Å². The van der Waals surface area contributed by atoms with Crippen LogP contribution < -0.4 is 10.0 Å². The molecule has 0 bridgehead atoms. The average molecular weight is 436 g/mol. The zero-order valence-electron chi connectivity index (χ0n) is 16.5. The molecule has 2 heterocycles. The number of hydrogen-bond donors (Lipinski definition) is 2. The van der Waals surface area contributed by atoms with Gasteiger partial charge in [-0.2, -0.15) is 5.26 Å². The van der Waals surface area contributed by atoms with Crippen LogP contribution in [-0.4, -0.2) is 58.1 Å². The van der Waals surface area contributed by atoms with Crippen molar-refractivity contribution in [3.8, 4) is 6.07 Å². The third kappa shape index (κ3) is 4.44. The third-order valence-electron chi connectivity index (χ3n) is 5.80. The van der Waals surface area contributed by atoms with Crippen molar-refractivity contribution < 1.29 is 27.4 Å². The first kappa shape index (κ1) is 21.1. The second kappa shape index (κ2) is 8.89. The summed E-state index contributed by atoms with van der Waals surface area (Å²) in [7, 11) is -3.94. The Morgan fingerprint density at radius 2 is 1.83 bits per heavy atom. The highest BCUT2D eigenvalue weighted by Gasteiger charge is 2.50. The van der Waals surface area contributed by atoms with Gasteiger partial charge in [0, 0.05) is 6.04 Å². The second-order valence-corrected chi connectivity index (χ2v) is 9.54. The van der Waals surface area contributed by atoms with Crippen molar-refractivity contribution in [2.24, 2.45) is 0 Å². The molecule has 0 aromatic heterocycles. The molecule has 2 aliphatic heterocycles. The molecule has 30 heavy (non-hydrogen) atoms. The van der Waals surface area contributed by atoms with Crippen molar-refractivity contribution in [3.05, 3.63) is 29.8 Å². The maximum Gasteiger partial charge on any atom is 0.407 e. The monoisotopic (exact) mass is 435 g/mol. The van der Waals surface area contributed by atoms with Crippen LogP contribution in [0, 0.1) is 11.3 Å². The van der Waals surface area contributed by atoms with E-state index >= 15 is 0 Å². The first-order chi connectivity index (χ1) is 14.5. The van der Waals surface area contributed by atoms with Crippen molar-refractivity contribution >= 4 is 16.1 Å². The van der Waals surface area contributed by atoms with Crippen molar-refractivity contribution in [1.29, 1.82) is 5.26 Å². The fraction of sp³-hybridized carbons (Fsp3) is 0.600. The van der Waals surface area contributed by atoms with Crippen molar-refractivity contribution in [1.82, 2.24) is 10.0 Å². The molecule has 162 valence electrons. The predicted molar refractivity (Wildman–Crippen MR) is 105 cm³/mol. The Balaban J connectivity index is 1.36. The molecule has 1 aliphatic carbocycles. The summed E-state index contributed by atoms with van der Waals surface area (Å²) in [4.78, 5) is 12.1. The number of nitrogens with zero attached hydrogens (tertiary/aromatic N) is 1. The number of sulfonamides is 1. The van der Waals surface area contributed by atoms with E-state index in [2.05, 4.69) is 10.0 Å². The van der Waals surface area contributed by atoms with E-state index in [1.54, 1.807) is 12.1 Å². The molecule has 4 atom stereocenters. The molecule has 0 spiro atoms. The Hall–Kier alpha value is -2.19. The van der Waals surface area contributed by atoms with E-state index in [-0.39, 0.29) is 29.7 Å². The summed E-state index contributed by atoms with van der Waals surface area (Å²) in [6, 6.07) is 7.38. The highest BCUT2D eigenvalue weighted by atomic mass is 32.2. The van der Waals surface area contributed by atoms with Crippen molar-refractivity contribution in [2.75, 3.05) is 13.2 Å². The van der Waals surface area contributed by atoms with Crippen LogP contribution in [0.15, 0.2) is 29.2 Å². The van der Waals surface area contributed by atoms with Crippen LogP contribution in [0.4, 0.5) is 4.79 Å². The van der Waals surface area contributed by atoms with Crippen LogP contribution in [0.2, 0.25) is 0 Å². The molecule has 3 aliphatic rings. The molecule has 0 unspecified atom stereocenters. The topological polar surface area (TPSA) is 127 Å². The second-order valence-electron chi connectivity index (χ2n) is 7.85. The van der Waals surface area contributed by atoms with E-state index in [0.717, 1.165) is 25.7 Å². The first-order valence-corrected chi connectivity index (χ1v) is 11.7. The van der Waals surface area contributed by atoms with Crippen LogP contribution >= 0.6 is 0 Å². The molecule has 10 heteroatoms. The van der Waals surface area contributed by atoms with Gasteiger partial charge in [-0.3, -0.25) is 0 Å². The molecule has 1 saturated carbocycles. The number of carbonyl (C=O) groups is 1. The minimum Gasteiger partial charge on any atom is -0.441 e. The zero-order chi connectivity index (χ0) is 21.1. The van der Waals surface area contributed by atoms with E-state index in [0.29, 0.717) is 0 Å². The number of alkyl carbamates (subject to hydrolysis) is 1. The van der Waals surface area contributed by atoms with E-state index < -0.39 is 40.5 Å². The largest absolute Gasteiger partial charge is 0.441 e. The molecular weight excluding hydrogens is 410 g/mol. The minimum atomic E-state index is -3.94. The molecule has 1 amide bonds. The lowest BCUT2D eigenvalue weighted by Gasteiger charge is -2.24. The SMILES string of the molecule is N#Cc1ccccc1S(=O)(=O)N[C@H]1CO[C@H]2[C@@H]1OC[C@H]2OC(=O)NC1CCCCC1. The fourth-order valence-corrected chi connectivity index (χ4v) is 5.70. The molecule has 4 rings (SSSR count). The lowest BCUT2D eigenvalue weighted by molar-refractivity contribution is 0.00281. The normalized spacial score (nSPS) is 29.2. The van der Waals surface area contributed by atoms with Crippen LogP contribution in [-0.2, 0) is 24.2 Å². The van der Waals surface area contributed by atoms with Crippen LogP contribution in [0.1, 0.15) is 37.7 Å². The Morgan fingerprint density at radius 1 is 1.10 bits per heavy atom. The predicted octanol–water partition coefficient (Wildman–Crippen LogP) is 1.43. The quantitative estimate of drug-likeness (QED) is 0.716. The Kier molecular flexibility index (Phi) is 6.24. The number of nitriles is 1. The molecule has 2 N–H and O–H groups in total. The van der Waals surface area contributed by atoms with E-state index in [9.17, 15) is 18.5 Å². The lowest BCUT2D eigenvalue weighted by atomic mass is 9.96.